The standard InChI is InChI=1S/C11H14N3O2/c15-14(16)11-3-1-2-10(8-11)9-13-6-4-12-5-7-13/h1-3,8H,4-7,9H2. The Morgan fingerprint density at radius 2 is 2.12 bits per heavy atom. The normalized spacial score (nSPS) is 17.2. The van der Waals surface area contributed by atoms with E-state index in [0.29, 0.717) is 0 Å². The molecule has 0 spiro atoms. The van der Waals surface area contributed by atoms with Crippen molar-refractivity contribution in [1.29, 1.82) is 0 Å². The first kappa shape index (κ1) is 11.0. The van der Waals surface area contributed by atoms with Crippen molar-refractivity contribution >= 4 is 5.69 Å². The first-order valence-corrected chi connectivity index (χ1v) is 5.34. The summed E-state index contributed by atoms with van der Waals surface area (Å²) in [5.41, 5.74) is 1.16. The van der Waals surface area contributed by atoms with Crippen LogP contribution in [0.2, 0.25) is 0 Å². The molecule has 1 fully saturated rings. The molecule has 5 heteroatoms. The Morgan fingerprint density at radius 1 is 1.38 bits per heavy atom. The predicted molar refractivity (Wildman–Crippen MR) is 60.2 cm³/mol. The van der Waals surface area contributed by atoms with Crippen LogP contribution in [-0.2, 0) is 6.54 Å². The van der Waals surface area contributed by atoms with Gasteiger partial charge in [0.2, 0.25) is 0 Å². The maximum absolute atomic E-state index is 10.6. The van der Waals surface area contributed by atoms with Crippen LogP contribution in [0.25, 0.3) is 0 Å². The fourth-order valence-corrected chi connectivity index (χ4v) is 1.83. The highest BCUT2D eigenvalue weighted by Gasteiger charge is 2.12. The molecular weight excluding hydrogens is 206 g/mol. The Kier molecular flexibility index (Phi) is 3.48. The molecule has 1 aliphatic heterocycles. The highest BCUT2D eigenvalue weighted by Crippen LogP contribution is 2.14. The second kappa shape index (κ2) is 5.05. The summed E-state index contributed by atoms with van der Waals surface area (Å²) in [7, 11) is 0. The van der Waals surface area contributed by atoms with Gasteiger partial charge in [0.05, 0.1) is 4.92 Å². The van der Waals surface area contributed by atoms with Gasteiger partial charge in [-0.25, -0.2) is 5.32 Å². The molecule has 0 amide bonds. The zero-order valence-corrected chi connectivity index (χ0v) is 9.00. The van der Waals surface area contributed by atoms with Crippen LogP contribution in [-0.4, -0.2) is 36.0 Å². The number of nitrogens with zero attached hydrogens (tertiary/aromatic N) is 3. The van der Waals surface area contributed by atoms with Crippen molar-refractivity contribution in [2.24, 2.45) is 0 Å². The first-order chi connectivity index (χ1) is 7.75. The Labute approximate surface area is 94.2 Å². The molecule has 0 aromatic heterocycles. The summed E-state index contributed by atoms with van der Waals surface area (Å²) >= 11 is 0. The van der Waals surface area contributed by atoms with Gasteiger partial charge in [0, 0.05) is 44.9 Å². The van der Waals surface area contributed by atoms with E-state index in [1.807, 2.05) is 6.07 Å². The van der Waals surface area contributed by atoms with Gasteiger partial charge in [-0.3, -0.25) is 15.0 Å². The largest absolute Gasteiger partial charge is 0.296 e. The van der Waals surface area contributed by atoms with Crippen molar-refractivity contribution in [3.05, 3.63) is 39.9 Å². The van der Waals surface area contributed by atoms with Crippen LogP contribution in [0.3, 0.4) is 0 Å². The van der Waals surface area contributed by atoms with Crippen LogP contribution in [0.1, 0.15) is 5.56 Å². The van der Waals surface area contributed by atoms with E-state index in [0.717, 1.165) is 38.3 Å². The van der Waals surface area contributed by atoms with Gasteiger partial charge in [0.25, 0.3) is 5.69 Å². The van der Waals surface area contributed by atoms with E-state index in [2.05, 4.69) is 10.2 Å². The lowest BCUT2D eigenvalue weighted by Crippen LogP contribution is -2.39. The molecule has 5 nitrogen and oxygen atoms in total. The van der Waals surface area contributed by atoms with Gasteiger partial charge in [0.1, 0.15) is 0 Å². The van der Waals surface area contributed by atoms with Crippen molar-refractivity contribution < 1.29 is 4.92 Å². The lowest BCUT2D eigenvalue weighted by atomic mass is 10.2. The quantitative estimate of drug-likeness (QED) is 0.564. The zero-order valence-electron chi connectivity index (χ0n) is 9.00. The van der Waals surface area contributed by atoms with Gasteiger partial charge in [-0.05, 0) is 5.56 Å². The Balaban J connectivity index is 2.02. The molecule has 1 saturated heterocycles. The average Bonchev–Trinajstić information content (AvgIpc) is 2.30. The van der Waals surface area contributed by atoms with E-state index in [4.69, 9.17) is 0 Å². The maximum atomic E-state index is 10.6. The summed E-state index contributed by atoms with van der Waals surface area (Å²) in [5.74, 6) is 0. The molecule has 1 aliphatic rings. The van der Waals surface area contributed by atoms with Gasteiger partial charge >= 0.3 is 0 Å². The summed E-state index contributed by atoms with van der Waals surface area (Å²) in [4.78, 5) is 12.5. The van der Waals surface area contributed by atoms with Gasteiger partial charge in [-0.1, -0.05) is 12.1 Å². The molecule has 0 saturated carbocycles. The van der Waals surface area contributed by atoms with Gasteiger partial charge in [-0.2, -0.15) is 0 Å². The topological polar surface area (TPSA) is 60.5 Å². The second-order valence-electron chi connectivity index (χ2n) is 3.87. The second-order valence-corrected chi connectivity index (χ2v) is 3.87. The fourth-order valence-electron chi connectivity index (χ4n) is 1.83. The van der Waals surface area contributed by atoms with E-state index in [9.17, 15) is 10.1 Å². The van der Waals surface area contributed by atoms with Crippen LogP contribution < -0.4 is 5.32 Å². The Hall–Kier alpha value is -1.46. The highest BCUT2D eigenvalue weighted by atomic mass is 16.6. The third-order valence-electron chi connectivity index (χ3n) is 2.68. The number of piperazine rings is 1. The number of non-ortho nitro benzene ring substituents is 1. The van der Waals surface area contributed by atoms with Crippen LogP contribution in [0.15, 0.2) is 24.3 Å². The lowest BCUT2D eigenvalue weighted by molar-refractivity contribution is -0.384. The minimum Gasteiger partial charge on any atom is -0.296 e. The number of benzene rings is 1. The number of hydrogen-bond acceptors (Lipinski definition) is 3. The van der Waals surface area contributed by atoms with Crippen LogP contribution >= 0.6 is 0 Å². The lowest BCUT2D eigenvalue weighted by Gasteiger charge is -2.26. The molecule has 0 bridgehead atoms. The maximum Gasteiger partial charge on any atom is 0.269 e. The van der Waals surface area contributed by atoms with E-state index < -0.39 is 0 Å². The third-order valence-corrected chi connectivity index (χ3v) is 2.68. The zero-order chi connectivity index (χ0) is 11.4. The van der Waals surface area contributed by atoms with Crippen molar-refractivity contribution in [2.45, 2.75) is 6.54 Å². The van der Waals surface area contributed by atoms with Crippen LogP contribution in [0.4, 0.5) is 5.69 Å². The average molecular weight is 220 g/mol. The van der Waals surface area contributed by atoms with Crippen LogP contribution in [0, 0.1) is 10.1 Å². The first-order valence-electron chi connectivity index (χ1n) is 5.34. The van der Waals surface area contributed by atoms with Crippen molar-refractivity contribution in [1.82, 2.24) is 10.2 Å². The molecule has 1 aromatic carbocycles. The molecule has 16 heavy (non-hydrogen) atoms. The third kappa shape index (κ3) is 2.77. The molecular formula is C11H14N3O2. The van der Waals surface area contributed by atoms with E-state index in [1.54, 1.807) is 12.1 Å². The van der Waals surface area contributed by atoms with Gasteiger partial charge < -0.3 is 0 Å². The molecule has 1 aromatic rings. The summed E-state index contributed by atoms with van der Waals surface area (Å²) in [6.45, 7) is 4.41. The van der Waals surface area contributed by atoms with E-state index in [-0.39, 0.29) is 10.6 Å². The summed E-state index contributed by atoms with van der Waals surface area (Å²) < 4.78 is 0. The number of hydrogen-bond donors (Lipinski definition) is 0. The minimum absolute atomic E-state index is 0.166. The minimum atomic E-state index is -0.352. The van der Waals surface area contributed by atoms with Gasteiger partial charge in [0.15, 0.2) is 0 Å². The Bertz CT molecular complexity index is 375. The molecule has 0 unspecified atom stereocenters. The monoisotopic (exact) mass is 220 g/mol. The smallest absolute Gasteiger partial charge is 0.269 e. The van der Waals surface area contributed by atoms with E-state index >= 15 is 0 Å². The highest BCUT2D eigenvalue weighted by molar-refractivity contribution is 5.34. The Morgan fingerprint density at radius 3 is 2.81 bits per heavy atom. The molecule has 1 heterocycles. The number of rotatable bonds is 3. The van der Waals surface area contributed by atoms with Crippen molar-refractivity contribution in [2.75, 3.05) is 26.2 Å². The van der Waals surface area contributed by atoms with E-state index in [1.165, 1.54) is 6.07 Å². The molecule has 0 atom stereocenters. The summed E-state index contributed by atoms with van der Waals surface area (Å²) in [6, 6.07) is 6.83. The van der Waals surface area contributed by atoms with Crippen molar-refractivity contribution in [3.63, 3.8) is 0 Å². The number of nitro groups is 1. The molecule has 85 valence electrons. The number of nitro benzene ring substituents is 1. The summed E-state index contributed by atoms with van der Waals surface area (Å²) in [5, 5.41) is 14.9. The molecule has 2 rings (SSSR count). The van der Waals surface area contributed by atoms with Crippen molar-refractivity contribution in [3.8, 4) is 0 Å². The SMILES string of the molecule is O=[N+]([O-])c1cccc(CN2CC[N]CC2)c1. The fraction of sp³-hybridized carbons (Fsp3) is 0.455. The van der Waals surface area contributed by atoms with Gasteiger partial charge in [-0.15, -0.1) is 0 Å². The molecule has 0 N–H and O–H groups in total. The molecule has 0 aliphatic carbocycles. The van der Waals surface area contributed by atoms with Crippen LogP contribution in [0.5, 0.6) is 0 Å². The molecule has 1 radical (unpaired) electrons. The summed E-state index contributed by atoms with van der Waals surface area (Å²) in [6.07, 6.45) is 0. The predicted octanol–water partition coefficient (Wildman–Crippen LogP) is 1.01.